The Labute approximate surface area is 99.9 Å². The van der Waals surface area contributed by atoms with Crippen LogP contribution in [0.25, 0.3) is 0 Å². The second-order valence-corrected chi connectivity index (χ2v) is 2.88. The third kappa shape index (κ3) is 10.7. The maximum absolute atomic E-state index is 3.68. The van der Waals surface area contributed by atoms with Gasteiger partial charge in [-0.2, -0.15) is 0 Å². The molecule has 0 amide bonds. The van der Waals surface area contributed by atoms with Crippen molar-refractivity contribution in [2.45, 2.75) is 0 Å². The van der Waals surface area contributed by atoms with Crippen LogP contribution in [0.15, 0.2) is 25.3 Å². The van der Waals surface area contributed by atoms with Crippen molar-refractivity contribution in [3.63, 3.8) is 0 Å². The largest absolute Gasteiger partial charge is 1.00 e. The van der Waals surface area contributed by atoms with E-state index in [0.29, 0.717) is 0 Å². The van der Waals surface area contributed by atoms with E-state index in [9.17, 15) is 0 Å². The van der Waals surface area contributed by atoms with Crippen molar-refractivity contribution < 1.29 is 35.5 Å². The first kappa shape index (κ1) is 17.7. The van der Waals surface area contributed by atoms with Crippen LogP contribution in [-0.4, -0.2) is 31.7 Å². The van der Waals surface area contributed by atoms with E-state index in [0.717, 1.165) is 17.6 Å². The minimum Gasteiger partial charge on any atom is -1.00 e. The molecule has 0 aliphatic carbocycles. The van der Waals surface area contributed by atoms with Gasteiger partial charge < -0.3 is 5.91 Å². The van der Waals surface area contributed by atoms with E-state index in [4.69, 9.17) is 0 Å². The van der Waals surface area contributed by atoms with Gasteiger partial charge >= 0.3 is 29.6 Å². The molecule has 0 saturated carbocycles. The summed E-state index contributed by atoms with van der Waals surface area (Å²) >= 11 is 0. The molecule has 0 aromatic rings. The Morgan fingerprint density at radius 2 is 1.45 bits per heavy atom. The fourth-order valence-corrected chi connectivity index (χ4v) is 0.774. The van der Waals surface area contributed by atoms with Gasteiger partial charge in [-0.1, -0.05) is 13.2 Å². The molecule has 0 heterocycles. The molecule has 0 unspecified atom stereocenters. The zero-order valence-electron chi connectivity index (χ0n) is 8.84. The molecule has 62 valence electrons. The average molecular weight is 187 g/mol. The summed E-state index contributed by atoms with van der Waals surface area (Å²) < 4.78 is 0.951. The molecule has 0 radical (unpaired) electrons. The normalized spacial score (nSPS) is 8.91. The van der Waals surface area contributed by atoms with Gasteiger partial charge in [-0.15, -0.1) is 12.4 Å². The van der Waals surface area contributed by atoms with E-state index in [2.05, 4.69) is 27.3 Å². The molecule has 0 N–H and O–H groups in total. The summed E-state index contributed by atoms with van der Waals surface area (Å²) in [6.45, 7) is 9.37. The Bertz CT molecular complexity index is 106. The Morgan fingerprint density at radius 1 is 1.18 bits per heavy atom. The number of likely N-dealkylation sites (N-methyl/N-ethyl adjacent to an activating group) is 1. The second-order valence-electron chi connectivity index (χ2n) is 2.88. The smallest absolute Gasteiger partial charge is 1.00 e. The van der Waals surface area contributed by atoms with Crippen LogP contribution in [0.4, 0.5) is 0 Å². The van der Waals surface area contributed by atoms with Crippen molar-refractivity contribution in [1.82, 2.24) is 0 Å². The Balaban J connectivity index is -0.000000107. The van der Waals surface area contributed by atoms with E-state index in [1.165, 1.54) is 0 Å². The Hall–Kier alpha value is 0.730. The summed E-state index contributed by atoms with van der Waals surface area (Å²) in [7, 11) is 4.31. The number of hydrogen-bond donors (Lipinski definition) is 0. The first-order valence-electron chi connectivity index (χ1n) is 3.16. The zero-order chi connectivity index (χ0) is 7.33. The molecular weight excluding hydrogens is 169 g/mol. The van der Waals surface area contributed by atoms with Crippen LogP contribution in [0, 0.1) is 0 Å². The summed E-state index contributed by atoms with van der Waals surface area (Å²) in [6, 6.07) is 0. The molecule has 11 heavy (non-hydrogen) atoms. The van der Waals surface area contributed by atoms with Gasteiger partial charge in [-0.05, 0) is 12.2 Å². The van der Waals surface area contributed by atoms with E-state index in [1.54, 1.807) is 0 Å². The molecule has 0 bridgehead atoms. The molecule has 1 nitrogen and oxygen atoms in total. The average Bonchev–Trinajstić information content (AvgIpc) is 1.64. The maximum Gasteiger partial charge on any atom is 1.00 e. The van der Waals surface area contributed by atoms with Gasteiger partial charge in [0.15, 0.2) is 0 Å². The quantitative estimate of drug-likeness (QED) is 0.300. The van der Waals surface area contributed by atoms with E-state index >= 15 is 0 Å². The molecule has 0 spiro atoms. The number of nitrogens with zero attached hydrogens (tertiary/aromatic N) is 1. The van der Waals surface area contributed by atoms with Crippen molar-refractivity contribution in [1.29, 1.82) is 0 Å². The molecule has 3 heteroatoms. The van der Waals surface area contributed by atoms with Crippen molar-refractivity contribution in [2.24, 2.45) is 0 Å². The van der Waals surface area contributed by atoms with Crippen LogP contribution in [0.1, 0.15) is 1.43 Å². The minimum atomic E-state index is 0. The molecule has 0 aliphatic rings. The zero-order valence-corrected chi connectivity index (χ0v) is 10.7. The minimum absolute atomic E-state index is 0. The van der Waals surface area contributed by atoms with Crippen LogP contribution in [0.5, 0.6) is 0 Å². The molecule has 0 aromatic heterocycles. The number of rotatable bonds is 4. The van der Waals surface area contributed by atoms with Crippen LogP contribution in [0.3, 0.4) is 0 Å². The number of hydrogen-bond acceptors (Lipinski definition) is 0. The molecule has 0 saturated heterocycles. The topological polar surface area (TPSA) is 0 Å². The standard InChI is InChI=1S/C8H16N.ClH.Na.H/c1-5-7-9(3,4)8-6-2;;;/h5-6H,1-2,7-8H2,3-4H3;1H;;/q+1;;+1;-1. The summed E-state index contributed by atoms with van der Waals surface area (Å²) in [4.78, 5) is 0. The predicted octanol–water partition coefficient (Wildman–Crippen LogP) is -1.03. The predicted molar refractivity (Wildman–Crippen MR) is 50.6 cm³/mol. The monoisotopic (exact) mass is 186 g/mol. The van der Waals surface area contributed by atoms with E-state index in [1.807, 2.05) is 12.2 Å². The second kappa shape index (κ2) is 8.82. The van der Waals surface area contributed by atoms with Crippen molar-refractivity contribution in [2.75, 3.05) is 27.2 Å². The van der Waals surface area contributed by atoms with Crippen molar-refractivity contribution >= 4 is 12.4 Å². The van der Waals surface area contributed by atoms with Crippen LogP contribution in [-0.2, 0) is 0 Å². The third-order valence-electron chi connectivity index (χ3n) is 1.25. The SMILES string of the molecule is C=CC[N+](C)(C)CC=C.Cl.[H-].[Na+]. The van der Waals surface area contributed by atoms with Gasteiger partial charge in [0, 0.05) is 0 Å². The van der Waals surface area contributed by atoms with Crippen molar-refractivity contribution in [3.05, 3.63) is 25.3 Å². The van der Waals surface area contributed by atoms with Gasteiger partial charge in [0.05, 0.1) is 27.2 Å². The molecule has 0 atom stereocenters. The van der Waals surface area contributed by atoms with Gasteiger partial charge in [0.2, 0.25) is 0 Å². The molecule has 0 rings (SSSR count). The Kier molecular flexibility index (Phi) is 14.2. The number of quaternary nitrogens is 1. The van der Waals surface area contributed by atoms with Gasteiger partial charge in [0.1, 0.15) is 0 Å². The van der Waals surface area contributed by atoms with Crippen LogP contribution >= 0.6 is 12.4 Å². The van der Waals surface area contributed by atoms with Crippen LogP contribution < -0.4 is 29.6 Å². The van der Waals surface area contributed by atoms with Crippen molar-refractivity contribution in [3.8, 4) is 0 Å². The Morgan fingerprint density at radius 3 is 1.64 bits per heavy atom. The molecule has 0 aromatic carbocycles. The summed E-state index contributed by atoms with van der Waals surface area (Å²) in [5.41, 5.74) is 0. The van der Waals surface area contributed by atoms with Gasteiger partial charge in [0.25, 0.3) is 0 Å². The van der Waals surface area contributed by atoms with E-state index in [-0.39, 0.29) is 43.4 Å². The van der Waals surface area contributed by atoms with Gasteiger partial charge in [-0.25, -0.2) is 0 Å². The fraction of sp³-hybridized carbons (Fsp3) is 0.500. The summed E-state index contributed by atoms with van der Waals surface area (Å²) in [5, 5.41) is 0. The third-order valence-corrected chi connectivity index (χ3v) is 1.25. The fourth-order valence-electron chi connectivity index (χ4n) is 0.774. The number of halogens is 1. The van der Waals surface area contributed by atoms with Crippen LogP contribution in [0.2, 0.25) is 0 Å². The van der Waals surface area contributed by atoms with Gasteiger partial charge in [-0.3, -0.25) is 0 Å². The first-order chi connectivity index (χ1) is 4.12. The summed E-state index contributed by atoms with van der Waals surface area (Å²) in [6.07, 6.45) is 3.87. The molecular formula is C8H18ClNNa+. The first-order valence-corrected chi connectivity index (χ1v) is 3.16. The maximum atomic E-state index is 3.68. The molecule has 0 fully saturated rings. The summed E-state index contributed by atoms with van der Waals surface area (Å²) in [5.74, 6) is 0. The molecule has 0 aliphatic heterocycles. The van der Waals surface area contributed by atoms with E-state index < -0.39 is 0 Å².